The molecule has 0 bridgehead atoms. The molecular weight excluding hydrogens is 409 g/mol. The lowest BCUT2D eigenvalue weighted by Gasteiger charge is -2.25. The van der Waals surface area contributed by atoms with Crippen molar-refractivity contribution in [2.45, 2.75) is 32.4 Å². The van der Waals surface area contributed by atoms with Gasteiger partial charge in [0.1, 0.15) is 11.4 Å². The van der Waals surface area contributed by atoms with Gasteiger partial charge in [0.2, 0.25) is 5.76 Å². The number of benzene rings is 2. The van der Waals surface area contributed by atoms with E-state index in [9.17, 15) is 14.0 Å². The van der Waals surface area contributed by atoms with Gasteiger partial charge < -0.3 is 14.1 Å². The van der Waals surface area contributed by atoms with Gasteiger partial charge in [-0.15, -0.1) is 0 Å². The number of hydrogen-bond donors (Lipinski definition) is 0. The van der Waals surface area contributed by atoms with Crippen molar-refractivity contribution in [1.29, 1.82) is 0 Å². The number of ether oxygens (including phenoxy) is 1. The van der Waals surface area contributed by atoms with E-state index in [1.54, 1.807) is 29.2 Å². The minimum absolute atomic E-state index is 0.0222. The van der Waals surface area contributed by atoms with Crippen LogP contribution in [0.15, 0.2) is 51.7 Å². The average molecular weight is 430 g/mol. The summed E-state index contributed by atoms with van der Waals surface area (Å²) in [7, 11) is 0. The van der Waals surface area contributed by atoms with Crippen LogP contribution in [0, 0.1) is 5.82 Å². The molecule has 4 rings (SSSR count). The highest BCUT2D eigenvalue weighted by atomic mass is 35.5. The molecule has 7 heteroatoms. The van der Waals surface area contributed by atoms with Crippen molar-refractivity contribution in [1.82, 2.24) is 4.90 Å². The molecule has 0 fully saturated rings. The van der Waals surface area contributed by atoms with Gasteiger partial charge in [-0.05, 0) is 56.2 Å². The van der Waals surface area contributed by atoms with E-state index in [-0.39, 0.29) is 28.8 Å². The SMILES string of the molecule is CC(C)OCCCN1C(=O)c2oc3ccc(Cl)cc3c(=O)c2C1c1ccc(F)cc1. The zero-order valence-electron chi connectivity index (χ0n) is 16.7. The molecule has 3 aromatic rings. The summed E-state index contributed by atoms with van der Waals surface area (Å²) in [5, 5.41) is 0.714. The number of fused-ring (bicyclic) bond motifs is 2. The van der Waals surface area contributed by atoms with E-state index < -0.39 is 11.9 Å². The van der Waals surface area contributed by atoms with Crippen LogP contribution in [-0.2, 0) is 4.74 Å². The van der Waals surface area contributed by atoms with Crippen molar-refractivity contribution in [2.24, 2.45) is 0 Å². The van der Waals surface area contributed by atoms with Crippen LogP contribution >= 0.6 is 11.6 Å². The van der Waals surface area contributed by atoms with Gasteiger partial charge in [0, 0.05) is 18.2 Å². The molecule has 2 aromatic carbocycles. The first-order chi connectivity index (χ1) is 14.4. The van der Waals surface area contributed by atoms with Gasteiger partial charge in [-0.25, -0.2) is 4.39 Å². The standard InChI is InChI=1S/C23H21ClFNO4/c1-13(2)29-11-3-10-26-20(14-4-7-16(25)8-5-14)19-21(27)17-12-15(24)6-9-18(17)30-22(19)23(26)28/h4-9,12-13,20H,3,10-11H2,1-2H3. The number of carbonyl (C=O) groups is 1. The lowest BCUT2D eigenvalue weighted by molar-refractivity contribution is 0.0593. The molecule has 1 aromatic heterocycles. The van der Waals surface area contributed by atoms with E-state index >= 15 is 0 Å². The molecule has 0 radical (unpaired) electrons. The summed E-state index contributed by atoms with van der Waals surface area (Å²) in [6.07, 6.45) is 0.678. The van der Waals surface area contributed by atoms with Gasteiger partial charge >= 0.3 is 0 Å². The number of rotatable bonds is 6. The highest BCUT2D eigenvalue weighted by Crippen LogP contribution is 2.38. The van der Waals surface area contributed by atoms with E-state index in [4.69, 9.17) is 20.8 Å². The van der Waals surface area contributed by atoms with Crippen LogP contribution in [0.4, 0.5) is 4.39 Å². The highest BCUT2D eigenvalue weighted by molar-refractivity contribution is 6.31. The van der Waals surface area contributed by atoms with E-state index in [1.165, 1.54) is 18.2 Å². The van der Waals surface area contributed by atoms with Crippen molar-refractivity contribution < 1.29 is 18.3 Å². The molecule has 30 heavy (non-hydrogen) atoms. The van der Waals surface area contributed by atoms with Crippen LogP contribution < -0.4 is 5.43 Å². The quantitative estimate of drug-likeness (QED) is 0.520. The fourth-order valence-electron chi connectivity index (χ4n) is 3.77. The van der Waals surface area contributed by atoms with E-state index in [0.717, 1.165) is 0 Å². The maximum atomic E-state index is 13.5. The van der Waals surface area contributed by atoms with Crippen molar-refractivity contribution in [3.05, 3.63) is 80.4 Å². The predicted octanol–water partition coefficient (Wildman–Crippen LogP) is 4.95. The summed E-state index contributed by atoms with van der Waals surface area (Å²) in [4.78, 5) is 28.1. The second kappa shape index (κ2) is 8.20. The van der Waals surface area contributed by atoms with Crippen LogP contribution in [-0.4, -0.2) is 30.1 Å². The number of carbonyl (C=O) groups excluding carboxylic acids is 1. The Morgan fingerprint density at radius 2 is 1.90 bits per heavy atom. The average Bonchev–Trinajstić information content (AvgIpc) is 2.99. The zero-order chi connectivity index (χ0) is 21.4. The van der Waals surface area contributed by atoms with Crippen molar-refractivity contribution >= 4 is 28.5 Å². The molecular formula is C23H21ClFNO4. The van der Waals surface area contributed by atoms with E-state index in [0.29, 0.717) is 41.1 Å². The molecule has 1 atom stereocenters. The fourth-order valence-corrected chi connectivity index (χ4v) is 3.94. The Hall–Kier alpha value is -2.70. The highest BCUT2D eigenvalue weighted by Gasteiger charge is 2.42. The Morgan fingerprint density at radius 1 is 1.17 bits per heavy atom. The molecule has 1 aliphatic rings. The summed E-state index contributed by atoms with van der Waals surface area (Å²) >= 11 is 6.07. The zero-order valence-corrected chi connectivity index (χ0v) is 17.4. The predicted molar refractivity (Wildman–Crippen MR) is 112 cm³/mol. The number of hydrogen-bond acceptors (Lipinski definition) is 4. The third kappa shape index (κ3) is 3.73. The van der Waals surface area contributed by atoms with Gasteiger partial charge in [-0.2, -0.15) is 0 Å². The molecule has 5 nitrogen and oxygen atoms in total. The van der Waals surface area contributed by atoms with Gasteiger partial charge in [0.05, 0.1) is 23.1 Å². The Morgan fingerprint density at radius 3 is 2.60 bits per heavy atom. The lowest BCUT2D eigenvalue weighted by Crippen LogP contribution is -2.31. The normalized spacial score (nSPS) is 16.0. The van der Waals surface area contributed by atoms with Crippen LogP contribution in [0.5, 0.6) is 0 Å². The second-order valence-corrected chi connectivity index (χ2v) is 7.98. The third-order valence-electron chi connectivity index (χ3n) is 5.11. The monoisotopic (exact) mass is 429 g/mol. The van der Waals surface area contributed by atoms with Gasteiger partial charge in [0.25, 0.3) is 5.91 Å². The van der Waals surface area contributed by atoms with Crippen LogP contribution in [0.2, 0.25) is 5.02 Å². The number of amides is 1. The maximum Gasteiger partial charge on any atom is 0.290 e. The van der Waals surface area contributed by atoms with Gasteiger partial charge in [-0.1, -0.05) is 23.7 Å². The summed E-state index contributed by atoms with van der Waals surface area (Å²) < 4.78 is 24.9. The Balaban J connectivity index is 1.81. The Bertz CT molecular complexity index is 1160. The first-order valence-electron chi connectivity index (χ1n) is 9.81. The molecule has 1 amide bonds. The van der Waals surface area contributed by atoms with Gasteiger partial charge in [-0.3, -0.25) is 9.59 Å². The second-order valence-electron chi connectivity index (χ2n) is 7.54. The van der Waals surface area contributed by atoms with Crippen LogP contribution in [0.25, 0.3) is 11.0 Å². The van der Waals surface area contributed by atoms with Gasteiger partial charge in [0.15, 0.2) is 5.43 Å². The van der Waals surface area contributed by atoms with Crippen molar-refractivity contribution in [2.75, 3.05) is 13.2 Å². The van der Waals surface area contributed by atoms with Crippen molar-refractivity contribution in [3.63, 3.8) is 0 Å². The first-order valence-corrected chi connectivity index (χ1v) is 10.2. The summed E-state index contributed by atoms with van der Waals surface area (Å²) in [6, 6.07) is 9.87. The maximum absolute atomic E-state index is 13.5. The molecule has 0 N–H and O–H groups in total. The minimum atomic E-state index is -0.660. The molecule has 1 unspecified atom stereocenters. The van der Waals surface area contributed by atoms with Crippen molar-refractivity contribution in [3.8, 4) is 0 Å². The van der Waals surface area contributed by atoms with Crippen LogP contribution in [0.1, 0.15) is 48.0 Å². The fraction of sp³-hybridized carbons (Fsp3) is 0.304. The number of nitrogens with zero attached hydrogens (tertiary/aromatic N) is 1. The largest absolute Gasteiger partial charge is 0.450 e. The smallest absolute Gasteiger partial charge is 0.290 e. The van der Waals surface area contributed by atoms with Crippen LogP contribution in [0.3, 0.4) is 0 Å². The summed E-state index contributed by atoms with van der Waals surface area (Å²) in [6.45, 7) is 4.73. The molecule has 0 saturated carbocycles. The first kappa shape index (κ1) is 20.6. The molecule has 0 saturated heterocycles. The topological polar surface area (TPSA) is 59.8 Å². The summed E-state index contributed by atoms with van der Waals surface area (Å²) in [5.41, 5.74) is 0.893. The minimum Gasteiger partial charge on any atom is -0.450 e. The molecule has 0 spiro atoms. The molecule has 156 valence electrons. The van der Waals surface area contributed by atoms with E-state index in [2.05, 4.69) is 0 Å². The molecule has 1 aliphatic heterocycles. The molecule has 2 heterocycles. The molecule has 0 aliphatic carbocycles. The lowest BCUT2D eigenvalue weighted by atomic mass is 9.98. The Labute approximate surface area is 178 Å². The Kier molecular flexibility index (Phi) is 5.62. The van der Waals surface area contributed by atoms with E-state index in [1.807, 2.05) is 13.8 Å². The number of halogens is 2. The third-order valence-corrected chi connectivity index (χ3v) is 5.34. The summed E-state index contributed by atoms with van der Waals surface area (Å²) in [5.74, 6) is -0.732.